The molecule has 0 unspecified atom stereocenters. The number of hydrogen-bond donors (Lipinski definition) is 1. The van der Waals surface area contributed by atoms with Gasteiger partial charge in [-0.3, -0.25) is 9.48 Å². The molecule has 1 fully saturated rings. The molecule has 1 saturated heterocycles. The van der Waals surface area contributed by atoms with Crippen molar-refractivity contribution in [2.75, 3.05) is 13.1 Å². The van der Waals surface area contributed by atoms with Gasteiger partial charge in [0, 0.05) is 24.7 Å². The summed E-state index contributed by atoms with van der Waals surface area (Å²) in [5, 5.41) is 14.9. The van der Waals surface area contributed by atoms with Crippen LogP contribution in [-0.2, 0) is 0 Å². The number of aromatic carboxylic acids is 1. The third kappa shape index (κ3) is 3.07. The van der Waals surface area contributed by atoms with E-state index in [9.17, 15) is 9.59 Å². The maximum Gasteiger partial charge on any atom is 0.338 e. The molecular formula is C14H14BrN3O3S. The molecule has 3 heterocycles. The van der Waals surface area contributed by atoms with Gasteiger partial charge in [0.1, 0.15) is 0 Å². The van der Waals surface area contributed by atoms with E-state index in [2.05, 4.69) is 21.0 Å². The third-order valence-corrected chi connectivity index (χ3v) is 5.29. The number of carboxylic acid groups (broad SMARTS) is 1. The maximum absolute atomic E-state index is 12.4. The highest BCUT2D eigenvalue weighted by Crippen LogP contribution is 2.26. The van der Waals surface area contributed by atoms with Crippen molar-refractivity contribution >= 4 is 39.1 Å². The molecule has 116 valence electrons. The Morgan fingerprint density at radius 1 is 1.32 bits per heavy atom. The summed E-state index contributed by atoms with van der Waals surface area (Å²) in [7, 11) is 0. The van der Waals surface area contributed by atoms with Gasteiger partial charge in [-0.25, -0.2) is 4.79 Å². The van der Waals surface area contributed by atoms with Crippen LogP contribution >= 0.6 is 27.3 Å². The lowest BCUT2D eigenvalue weighted by Gasteiger charge is -2.32. The van der Waals surface area contributed by atoms with E-state index in [0.717, 1.165) is 16.6 Å². The number of piperidine rings is 1. The summed E-state index contributed by atoms with van der Waals surface area (Å²) in [6.45, 7) is 1.30. The second kappa shape index (κ2) is 6.21. The van der Waals surface area contributed by atoms with E-state index in [-0.39, 0.29) is 17.5 Å². The molecule has 0 aliphatic carbocycles. The highest BCUT2D eigenvalue weighted by molar-refractivity contribution is 9.11. The van der Waals surface area contributed by atoms with Gasteiger partial charge in [0.05, 0.1) is 27.2 Å². The van der Waals surface area contributed by atoms with Crippen LogP contribution in [0.3, 0.4) is 0 Å². The summed E-state index contributed by atoms with van der Waals surface area (Å²) in [5.41, 5.74) is 0.907. The smallest absolute Gasteiger partial charge is 0.338 e. The molecule has 0 spiro atoms. The zero-order chi connectivity index (χ0) is 15.7. The van der Waals surface area contributed by atoms with Crippen molar-refractivity contribution in [2.45, 2.75) is 18.9 Å². The first-order valence-electron chi connectivity index (χ1n) is 6.85. The van der Waals surface area contributed by atoms with Crippen LogP contribution < -0.4 is 0 Å². The number of aromatic nitrogens is 2. The molecule has 1 aliphatic rings. The number of rotatable bonds is 3. The SMILES string of the molecule is O=C(O)c1cnn(C2CCN(C(=O)c3csc(Br)c3)CC2)c1. The van der Waals surface area contributed by atoms with Crippen LogP contribution in [0.5, 0.6) is 0 Å². The summed E-state index contributed by atoms with van der Waals surface area (Å²) in [6.07, 6.45) is 4.47. The summed E-state index contributed by atoms with van der Waals surface area (Å²) in [6, 6.07) is 1.98. The largest absolute Gasteiger partial charge is 0.478 e. The molecule has 0 aromatic carbocycles. The highest BCUT2D eigenvalue weighted by Gasteiger charge is 2.25. The van der Waals surface area contributed by atoms with Gasteiger partial charge in [-0.1, -0.05) is 0 Å². The van der Waals surface area contributed by atoms with Crippen LogP contribution in [0.15, 0.2) is 27.6 Å². The molecule has 0 atom stereocenters. The van der Waals surface area contributed by atoms with Crippen LogP contribution in [0.4, 0.5) is 0 Å². The molecule has 2 aromatic heterocycles. The van der Waals surface area contributed by atoms with Gasteiger partial charge in [-0.2, -0.15) is 5.10 Å². The number of carboxylic acids is 1. The Labute approximate surface area is 139 Å². The highest BCUT2D eigenvalue weighted by atomic mass is 79.9. The predicted octanol–water partition coefficient (Wildman–Crippen LogP) is 2.88. The van der Waals surface area contributed by atoms with Crippen LogP contribution in [0, 0.1) is 0 Å². The number of amides is 1. The lowest BCUT2D eigenvalue weighted by molar-refractivity contribution is 0.0688. The standard InChI is InChI=1S/C14H14BrN3O3S/c15-12-5-9(8-22-12)13(19)17-3-1-11(2-4-17)18-7-10(6-16-18)14(20)21/h5-8,11H,1-4H2,(H,20,21). The second-order valence-electron chi connectivity index (χ2n) is 5.18. The molecule has 0 saturated carbocycles. The van der Waals surface area contributed by atoms with E-state index in [1.807, 2.05) is 16.3 Å². The molecule has 1 N–H and O–H groups in total. The molecular weight excluding hydrogens is 370 g/mol. The molecule has 8 heteroatoms. The molecule has 6 nitrogen and oxygen atoms in total. The minimum absolute atomic E-state index is 0.0482. The molecule has 2 aromatic rings. The lowest BCUT2D eigenvalue weighted by Crippen LogP contribution is -2.39. The molecule has 22 heavy (non-hydrogen) atoms. The van der Waals surface area contributed by atoms with E-state index in [4.69, 9.17) is 5.11 Å². The van der Waals surface area contributed by atoms with Gasteiger partial charge >= 0.3 is 5.97 Å². The summed E-state index contributed by atoms with van der Waals surface area (Å²) in [4.78, 5) is 25.1. The number of halogens is 1. The van der Waals surface area contributed by atoms with Crippen LogP contribution in [0.25, 0.3) is 0 Å². The van der Waals surface area contributed by atoms with Crippen molar-refractivity contribution in [2.24, 2.45) is 0 Å². The van der Waals surface area contributed by atoms with Crippen molar-refractivity contribution in [3.8, 4) is 0 Å². The normalized spacial score (nSPS) is 16.0. The Morgan fingerprint density at radius 2 is 2.05 bits per heavy atom. The number of carbonyl (C=O) groups excluding carboxylic acids is 1. The van der Waals surface area contributed by atoms with Gasteiger partial charge < -0.3 is 10.0 Å². The van der Waals surface area contributed by atoms with Gasteiger partial charge in [0.25, 0.3) is 5.91 Å². The van der Waals surface area contributed by atoms with Crippen molar-refractivity contribution in [3.63, 3.8) is 0 Å². The predicted molar refractivity (Wildman–Crippen MR) is 85.4 cm³/mol. The Kier molecular flexibility index (Phi) is 4.30. The van der Waals surface area contributed by atoms with Crippen LogP contribution in [-0.4, -0.2) is 44.8 Å². The van der Waals surface area contributed by atoms with Gasteiger partial charge in [0.2, 0.25) is 0 Å². The van der Waals surface area contributed by atoms with Crippen LogP contribution in [0.1, 0.15) is 39.6 Å². The monoisotopic (exact) mass is 383 g/mol. The zero-order valence-corrected chi connectivity index (χ0v) is 14.0. The maximum atomic E-state index is 12.4. The average molecular weight is 384 g/mol. The Hall–Kier alpha value is -1.67. The minimum Gasteiger partial charge on any atom is -0.478 e. The lowest BCUT2D eigenvalue weighted by atomic mass is 10.0. The first-order chi connectivity index (χ1) is 10.5. The summed E-state index contributed by atoms with van der Waals surface area (Å²) >= 11 is 4.87. The fourth-order valence-corrected chi connectivity index (χ4v) is 3.72. The topological polar surface area (TPSA) is 75.4 Å². The average Bonchev–Trinajstić information content (AvgIpc) is 3.16. The molecule has 3 rings (SSSR count). The fraction of sp³-hybridized carbons (Fsp3) is 0.357. The first kappa shape index (κ1) is 15.2. The quantitative estimate of drug-likeness (QED) is 0.883. The number of hydrogen-bond acceptors (Lipinski definition) is 4. The van der Waals surface area contributed by atoms with E-state index in [0.29, 0.717) is 18.7 Å². The van der Waals surface area contributed by atoms with Crippen molar-refractivity contribution in [1.82, 2.24) is 14.7 Å². The number of nitrogens with zero attached hydrogens (tertiary/aromatic N) is 3. The van der Waals surface area contributed by atoms with Gasteiger partial charge in [0.15, 0.2) is 0 Å². The van der Waals surface area contributed by atoms with Crippen molar-refractivity contribution in [3.05, 3.63) is 38.8 Å². The van der Waals surface area contributed by atoms with Crippen molar-refractivity contribution in [1.29, 1.82) is 0 Å². The van der Waals surface area contributed by atoms with Gasteiger partial charge in [-0.15, -0.1) is 11.3 Å². The molecule has 0 bridgehead atoms. The van der Waals surface area contributed by atoms with Crippen molar-refractivity contribution < 1.29 is 14.7 Å². The Morgan fingerprint density at radius 3 is 2.59 bits per heavy atom. The number of likely N-dealkylation sites (tertiary alicyclic amines) is 1. The van der Waals surface area contributed by atoms with Crippen LogP contribution in [0.2, 0.25) is 0 Å². The molecule has 1 amide bonds. The first-order valence-corrected chi connectivity index (χ1v) is 8.52. The number of thiophene rings is 1. The van der Waals surface area contributed by atoms with Gasteiger partial charge in [-0.05, 0) is 34.8 Å². The Bertz CT molecular complexity index is 704. The zero-order valence-electron chi connectivity index (χ0n) is 11.6. The molecule has 1 aliphatic heterocycles. The number of carbonyl (C=O) groups is 2. The third-order valence-electron chi connectivity index (χ3n) is 3.79. The minimum atomic E-state index is -0.970. The van der Waals surface area contributed by atoms with E-state index >= 15 is 0 Å². The Balaban J connectivity index is 1.62. The summed E-state index contributed by atoms with van der Waals surface area (Å²) < 4.78 is 2.65. The second-order valence-corrected chi connectivity index (χ2v) is 7.47. The van der Waals surface area contributed by atoms with E-state index in [1.54, 1.807) is 10.9 Å². The summed E-state index contributed by atoms with van der Waals surface area (Å²) in [5.74, 6) is -0.922. The fourth-order valence-electron chi connectivity index (χ4n) is 2.59. The molecule has 0 radical (unpaired) electrons. The van der Waals surface area contributed by atoms with E-state index < -0.39 is 5.97 Å². The van der Waals surface area contributed by atoms with E-state index in [1.165, 1.54) is 17.5 Å².